The highest BCUT2D eigenvalue weighted by Crippen LogP contribution is 2.60. The van der Waals surface area contributed by atoms with Gasteiger partial charge in [0.2, 0.25) is 0 Å². The Balaban J connectivity index is 1.62. The molecule has 108 valence electrons. The molecule has 5 rings (SSSR count). The van der Waals surface area contributed by atoms with Gasteiger partial charge in [0.25, 0.3) is 0 Å². The van der Waals surface area contributed by atoms with Crippen molar-refractivity contribution in [2.45, 2.75) is 37.5 Å². The van der Waals surface area contributed by atoms with Crippen LogP contribution in [0.4, 0.5) is 4.39 Å². The maximum atomic E-state index is 13.4. The van der Waals surface area contributed by atoms with Gasteiger partial charge >= 0.3 is 0 Å². The minimum atomic E-state index is -0.206. The number of benzene rings is 1. The Morgan fingerprint density at radius 3 is 2.20 bits per heavy atom. The summed E-state index contributed by atoms with van der Waals surface area (Å²) in [4.78, 5) is 0. The van der Waals surface area contributed by atoms with Gasteiger partial charge in [0.05, 0.1) is 9.85 Å². The highest BCUT2D eigenvalue weighted by Gasteiger charge is 2.50. The smallest absolute Gasteiger partial charge is 0.137 e. The average molecular weight is 358 g/mol. The minimum Gasteiger partial charge on any atom is -0.206 e. The van der Waals surface area contributed by atoms with Crippen LogP contribution in [-0.2, 0) is 0 Å². The Kier molecular flexibility index (Phi) is 3.38. The Hall–Kier alpha value is -0.0800. The van der Waals surface area contributed by atoms with E-state index in [4.69, 9.17) is 11.6 Å². The van der Waals surface area contributed by atoms with Gasteiger partial charge in [0.1, 0.15) is 5.82 Å². The maximum Gasteiger partial charge on any atom is 0.137 e. The number of halogens is 3. The summed E-state index contributed by atoms with van der Waals surface area (Å²) in [7, 11) is 0. The molecule has 0 aromatic heterocycles. The SMILES string of the molecule is Fc1ccc(C(Cl)C2C3CC4CC(C3)CC2C4)cc1Br. The fourth-order valence-electron chi connectivity index (χ4n) is 5.35. The van der Waals surface area contributed by atoms with Gasteiger partial charge in [-0.25, -0.2) is 4.39 Å². The lowest BCUT2D eigenvalue weighted by atomic mass is 9.51. The van der Waals surface area contributed by atoms with Gasteiger partial charge in [-0.1, -0.05) is 6.07 Å². The molecule has 4 saturated carbocycles. The quantitative estimate of drug-likeness (QED) is 0.574. The third-order valence-corrected chi connectivity index (χ3v) is 7.05. The molecule has 1 aromatic rings. The fraction of sp³-hybridized carbons (Fsp3) is 0.647. The van der Waals surface area contributed by atoms with Crippen molar-refractivity contribution in [1.82, 2.24) is 0 Å². The zero-order chi connectivity index (χ0) is 13.9. The summed E-state index contributed by atoms with van der Waals surface area (Å²) in [6, 6.07) is 5.27. The lowest BCUT2D eigenvalue weighted by molar-refractivity contribution is -0.0381. The molecule has 0 radical (unpaired) electrons. The van der Waals surface area contributed by atoms with Gasteiger partial charge < -0.3 is 0 Å². The largest absolute Gasteiger partial charge is 0.206 e. The highest BCUT2D eigenvalue weighted by molar-refractivity contribution is 9.10. The first-order valence-electron chi connectivity index (χ1n) is 7.71. The van der Waals surface area contributed by atoms with Crippen LogP contribution < -0.4 is 0 Å². The van der Waals surface area contributed by atoms with Crippen LogP contribution in [0.3, 0.4) is 0 Å². The number of hydrogen-bond donors (Lipinski definition) is 0. The second-order valence-electron chi connectivity index (χ2n) is 7.08. The third-order valence-electron chi connectivity index (χ3n) is 5.90. The van der Waals surface area contributed by atoms with Gasteiger partial charge in [-0.05, 0) is 95.3 Å². The molecule has 0 saturated heterocycles. The van der Waals surface area contributed by atoms with E-state index >= 15 is 0 Å². The van der Waals surface area contributed by atoms with E-state index in [1.165, 1.54) is 38.2 Å². The van der Waals surface area contributed by atoms with Gasteiger partial charge in [-0.2, -0.15) is 0 Å². The molecule has 0 amide bonds. The molecule has 3 heteroatoms. The average Bonchev–Trinajstić information content (AvgIpc) is 2.40. The predicted octanol–water partition coefficient (Wildman–Crippen LogP) is 5.94. The Morgan fingerprint density at radius 1 is 1.05 bits per heavy atom. The van der Waals surface area contributed by atoms with E-state index in [9.17, 15) is 4.39 Å². The maximum absolute atomic E-state index is 13.4. The van der Waals surface area contributed by atoms with E-state index in [0.29, 0.717) is 10.4 Å². The van der Waals surface area contributed by atoms with Crippen molar-refractivity contribution in [3.63, 3.8) is 0 Å². The molecule has 1 aromatic carbocycles. The second kappa shape index (κ2) is 4.98. The molecule has 1 atom stereocenters. The van der Waals surface area contributed by atoms with Crippen LogP contribution in [0.5, 0.6) is 0 Å². The van der Waals surface area contributed by atoms with Crippen molar-refractivity contribution in [2.24, 2.45) is 29.6 Å². The molecule has 4 bridgehead atoms. The zero-order valence-electron chi connectivity index (χ0n) is 11.4. The Labute approximate surface area is 133 Å². The molecule has 4 aliphatic carbocycles. The fourth-order valence-corrected chi connectivity index (χ4v) is 6.30. The van der Waals surface area contributed by atoms with E-state index in [2.05, 4.69) is 15.9 Å². The monoisotopic (exact) mass is 356 g/mol. The molecule has 0 aliphatic heterocycles. The van der Waals surface area contributed by atoms with Crippen LogP contribution in [0, 0.1) is 35.4 Å². The summed E-state index contributed by atoms with van der Waals surface area (Å²) in [6.45, 7) is 0. The van der Waals surface area contributed by atoms with Crippen molar-refractivity contribution in [3.05, 3.63) is 34.1 Å². The first-order chi connectivity index (χ1) is 9.61. The molecule has 20 heavy (non-hydrogen) atoms. The van der Waals surface area contributed by atoms with Crippen LogP contribution in [0.15, 0.2) is 22.7 Å². The first-order valence-corrected chi connectivity index (χ1v) is 8.93. The molecular weight excluding hydrogens is 339 g/mol. The number of rotatable bonds is 2. The van der Waals surface area contributed by atoms with Gasteiger partial charge in [0, 0.05) is 0 Å². The van der Waals surface area contributed by atoms with Crippen molar-refractivity contribution in [3.8, 4) is 0 Å². The van der Waals surface area contributed by atoms with Gasteiger partial charge in [-0.15, -0.1) is 11.6 Å². The van der Waals surface area contributed by atoms with E-state index in [1.54, 1.807) is 0 Å². The van der Waals surface area contributed by atoms with E-state index in [0.717, 1.165) is 29.2 Å². The second-order valence-corrected chi connectivity index (χ2v) is 8.41. The van der Waals surface area contributed by atoms with E-state index < -0.39 is 0 Å². The van der Waals surface area contributed by atoms with Crippen molar-refractivity contribution in [1.29, 1.82) is 0 Å². The zero-order valence-corrected chi connectivity index (χ0v) is 13.7. The normalized spacial score (nSPS) is 40.0. The van der Waals surface area contributed by atoms with Crippen molar-refractivity contribution >= 4 is 27.5 Å². The van der Waals surface area contributed by atoms with E-state index in [-0.39, 0.29) is 11.2 Å². The Morgan fingerprint density at radius 2 is 1.65 bits per heavy atom. The molecule has 1 unspecified atom stereocenters. The third kappa shape index (κ3) is 2.14. The summed E-state index contributed by atoms with van der Waals surface area (Å²) < 4.78 is 13.9. The summed E-state index contributed by atoms with van der Waals surface area (Å²) in [5.74, 6) is 3.94. The summed E-state index contributed by atoms with van der Waals surface area (Å²) in [5, 5.41) is 0.0434. The summed E-state index contributed by atoms with van der Waals surface area (Å²) in [5.41, 5.74) is 1.08. The number of alkyl halides is 1. The van der Waals surface area contributed by atoms with Crippen LogP contribution in [0.25, 0.3) is 0 Å². The van der Waals surface area contributed by atoms with Crippen LogP contribution in [0.2, 0.25) is 0 Å². The van der Waals surface area contributed by atoms with Gasteiger partial charge in [0.15, 0.2) is 0 Å². The molecule has 0 heterocycles. The summed E-state index contributed by atoms with van der Waals surface area (Å²) >= 11 is 10.1. The number of hydrogen-bond acceptors (Lipinski definition) is 0. The molecule has 4 aliphatic rings. The van der Waals surface area contributed by atoms with Crippen LogP contribution in [0.1, 0.15) is 43.0 Å². The molecule has 0 N–H and O–H groups in total. The topological polar surface area (TPSA) is 0 Å². The molecule has 0 nitrogen and oxygen atoms in total. The van der Waals surface area contributed by atoms with E-state index in [1.807, 2.05) is 12.1 Å². The minimum absolute atomic E-state index is 0.0434. The molecular formula is C17H19BrClF. The lowest BCUT2D eigenvalue weighted by Gasteiger charge is -2.55. The molecule has 0 spiro atoms. The van der Waals surface area contributed by atoms with Crippen LogP contribution >= 0.6 is 27.5 Å². The summed E-state index contributed by atoms with van der Waals surface area (Å²) in [6.07, 6.45) is 6.98. The first kappa shape index (κ1) is 13.6. The lowest BCUT2D eigenvalue weighted by Crippen LogP contribution is -2.46. The Bertz CT molecular complexity index is 502. The standard InChI is InChI=1S/C17H19BrClF/c18-14-8-11(1-2-15(14)20)17(19)16-12-4-9-3-10(6-12)7-13(16)5-9/h1-2,8-10,12-13,16-17H,3-7H2. The van der Waals surface area contributed by atoms with Gasteiger partial charge in [-0.3, -0.25) is 0 Å². The predicted molar refractivity (Wildman–Crippen MR) is 83.2 cm³/mol. The highest BCUT2D eigenvalue weighted by atomic mass is 79.9. The van der Waals surface area contributed by atoms with Crippen molar-refractivity contribution in [2.75, 3.05) is 0 Å². The van der Waals surface area contributed by atoms with Crippen molar-refractivity contribution < 1.29 is 4.39 Å². The van der Waals surface area contributed by atoms with Crippen LogP contribution in [-0.4, -0.2) is 0 Å². The molecule has 4 fully saturated rings.